The zero-order valence-electron chi connectivity index (χ0n) is 8.49. The van der Waals surface area contributed by atoms with Crippen LogP contribution in [0, 0.1) is 13.8 Å². The first-order valence-electron chi connectivity index (χ1n) is 3.50. The summed E-state index contributed by atoms with van der Waals surface area (Å²) in [7, 11) is 0. The Hall–Kier alpha value is -1.17. The zero-order valence-corrected chi connectivity index (χ0v) is 8.49. The molecule has 0 aliphatic heterocycles. The fourth-order valence-electron chi connectivity index (χ4n) is 0. The van der Waals surface area contributed by atoms with Crippen molar-refractivity contribution >= 4 is 0 Å². The molecule has 0 amide bonds. The van der Waals surface area contributed by atoms with E-state index in [0.29, 0.717) is 0 Å². The Kier molecular flexibility index (Phi) is 2850. The van der Waals surface area contributed by atoms with Crippen LogP contribution in [-0.2, 0) is 0 Å². The van der Waals surface area contributed by atoms with Gasteiger partial charge in [0.25, 0.3) is 0 Å². The van der Waals surface area contributed by atoms with Crippen LogP contribution in [0.2, 0.25) is 0 Å². The highest BCUT2D eigenvalue weighted by Gasteiger charge is 1.57. The average Bonchev–Trinajstić information content (AvgIpc) is 2.29. The van der Waals surface area contributed by atoms with Gasteiger partial charge >= 0.3 is 0 Å². The summed E-state index contributed by atoms with van der Waals surface area (Å²) in [4.78, 5) is 0. The lowest BCUT2D eigenvalue weighted by Gasteiger charge is -1.71. The van der Waals surface area contributed by atoms with Crippen LogP contribution < -0.4 is 0 Å². The topological polar surface area (TPSA) is 0 Å². The van der Waals surface area contributed by atoms with Crippen LogP contribution in [0.15, 0.2) is 52.6 Å². The highest BCUT2D eigenvalue weighted by molar-refractivity contribution is 4.38. The van der Waals surface area contributed by atoms with Crippen LogP contribution in [0.25, 0.3) is 0 Å². The van der Waals surface area contributed by atoms with Crippen LogP contribution in [0.1, 0.15) is 12.8 Å². The Morgan fingerprint density at radius 1 is 0.750 bits per heavy atom. The minimum atomic E-state index is 0.958. The van der Waals surface area contributed by atoms with E-state index >= 15 is 0 Å². The minimum absolute atomic E-state index is 0.958. The van der Waals surface area contributed by atoms with Crippen molar-refractivity contribution in [1.29, 1.82) is 0 Å². The minimum Gasteiger partial charge on any atom is -0.339 e. The van der Waals surface area contributed by atoms with Gasteiger partial charge < -0.3 is 6.92 Å². The Bertz CT molecular complexity index is 21.0. The summed E-state index contributed by atoms with van der Waals surface area (Å²) in [5.74, 6) is 0. The maximum Gasteiger partial charge on any atom is 0.0587 e. The predicted molar refractivity (Wildman–Crippen MR) is 65.0 cm³/mol. The van der Waals surface area contributed by atoms with E-state index in [1.54, 1.807) is 0 Å². The second-order valence-electron chi connectivity index (χ2n) is 0.707. The first kappa shape index (κ1) is 30.8. The Morgan fingerprint density at radius 2 is 0.833 bits per heavy atom. The SMILES string of the molecule is C=C.C=C.C=C.C=C.[CH2+]CC[CH2-]. The van der Waals surface area contributed by atoms with Crippen LogP contribution >= 0.6 is 0 Å². The fourth-order valence-corrected chi connectivity index (χ4v) is 0. The molecule has 0 heterocycles. The molecule has 0 fully saturated rings. The van der Waals surface area contributed by atoms with Crippen molar-refractivity contribution in [2.75, 3.05) is 0 Å². The van der Waals surface area contributed by atoms with Gasteiger partial charge in [0.05, 0.1) is 13.3 Å². The van der Waals surface area contributed by atoms with E-state index in [0.717, 1.165) is 12.8 Å². The summed E-state index contributed by atoms with van der Waals surface area (Å²) in [5, 5.41) is 0. The third kappa shape index (κ3) is 18700. The van der Waals surface area contributed by atoms with Crippen LogP contribution in [0.5, 0.6) is 0 Å². The van der Waals surface area contributed by atoms with Gasteiger partial charge in [0.2, 0.25) is 0 Å². The number of hydrogen-bond acceptors (Lipinski definition) is 0. The third-order valence-electron chi connectivity index (χ3n) is 0.250. The van der Waals surface area contributed by atoms with Crippen LogP contribution in [-0.4, -0.2) is 0 Å². The Morgan fingerprint density at radius 3 is 0.833 bits per heavy atom. The molecule has 0 aliphatic rings. The number of hydrogen-bond donors (Lipinski definition) is 0. The second-order valence-corrected chi connectivity index (χ2v) is 0.707. The van der Waals surface area contributed by atoms with E-state index in [-0.39, 0.29) is 0 Å². The van der Waals surface area contributed by atoms with Gasteiger partial charge in [-0.1, -0.05) is 0 Å². The first-order valence-corrected chi connectivity index (χ1v) is 3.50. The molecule has 0 aromatic rings. The third-order valence-corrected chi connectivity index (χ3v) is 0.250. The molecule has 0 saturated carbocycles. The maximum absolute atomic E-state index is 3.54. The molecule has 0 atom stereocenters. The molecule has 12 heavy (non-hydrogen) atoms. The Labute approximate surface area is 80.0 Å². The molecular formula is C12H24. The van der Waals surface area contributed by atoms with Gasteiger partial charge in [-0.15, -0.1) is 59.1 Å². The van der Waals surface area contributed by atoms with Gasteiger partial charge in [0.1, 0.15) is 0 Å². The lowest BCUT2D eigenvalue weighted by molar-refractivity contribution is 1.05. The highest BCUT2D eigenvalue weighted by atomic mass is 13.6. The summed E-state index contributed by atoms with van der Waals surface area (Å²) in [5.41, 5.74) is 0. The first-order chi connectivity index (χ1) is 5.91. The van der Waals surface area contributed by atoms with E-state index in [1.807, 2.05) is 0 Å². The van der Waals surface area contributed by atoms with Gasteiger partial charge in [0, 0.05) is 0 Å². The smallest absolute Gasteiger partial charge is 0.0587 e. The standard InChI is InChI=1S/C4H8.4C2H4/c1-3-4-2;4*1-2/h1-4H2;4*1-2H2. The fraction of sp³-hybridized carbons (Fsp3) is 0.167. The van der Waals surface area contributed by atoms with Crippen molar-refractivity contribution in [2.45, 2.75) is 12.8 Å². The van der Waals surface area contributed by atoms with Gasteiger partial charge in [-0.05, 0) is 0 Å². The predicted octanol–water partition coefficient (Wildman–Crippen LogP) is 4.64. The lowest BCUT2D eigenvalue weighted by Crippen LogP contribution is -1.49. The molecule has 0 bridgehead atoms. The quantitative estimate of drug-likeness (QED) is 0.395. The van der Waals surface area contributed by atoms with Crippen LogP contribution in [0.3, 0.4) is 0 Å². The van der Waals surface area contributed by atoms with Crippen LogP contribution in [0.4, 0.5) is 0 Å². The molecule has 0 saturated heterocycles. The molecule has 0 unspecified atom stereocenters. The molecule has 72 valence electrons. The van der Waals surface area contributed by atoms with E-state index in [1.165, 1.54) is 0 Å². The molecule has 0 radical (unpaired) electrons. The monoisotopic (exact) mass is 168 g/mol. The van der Waals surface area contributed by atoms with Crippen molar-refractivity contribution in [2.24, 2.45) is 0 Å². The molecule has 0 spiro atoms. The average molecular weight is 168 g/mol. The van der Waals surface area contributed by atoms with Gasteiger partial charge in [-0.25, -0.2) is 0 Å². The maximum atomic E-state index is 3.54. The molecule has 0 aromatic carbocycles. The normalized spacial score (nSPS) is 3.75. The molecule has 0 N–H and O–H groups in total. The molecular weight excluding hydrogens is 144 g/mol. The Balaban J connectivity index is -0.0000000181. The molecule has 0 aromatic heterocycles. The summed E-state index contributed by atoms with van der Waals surface area (Å²) < 4.78 is 0. The van der Waals surface area contributed by atoms with Gasteiger partial charge in [-0.2, -0.15) is 0 Å². The van der Waals surface area contributed by atoms with E-state index in [2.05, 4.69) is 66.5 Å². The van der Waals surface area contributed by atoms with Gasteiger partial charge in [-0.3, -0.25) is 0 Å². The number of rotatable bonds is 1. The molecule has 0 nitrogen and oxygen atoms in total. The number of unbranched alkanes of at least 4 members (excludes halogenated alkanes) is 1. The van der Waals surface area contributed by atoms with Crippen molar-refractivity contribution in [1.82, 2.24) is 0 Å². The summed E-state index contributed by atoms with van der Waals surface area (Å²) in [6.07, 6.45) is 1.92. The van der Waals surface area contributed by atoms with Crippen molar-refractivity contribution in [3.8, 4) is 0 Å². The van der Waals surface area contributed by atoms with E-state index in [9.17, 15) is 0 Å². The molecule has 0 heteroatoms. The summed E-state index contributed by atoms with van der Waals surface area (Å²) >= 11 is 0. The van der Waals surface area contributed by atoms with Gasteiger partial charge in [0.15, 0.2) is 0 Å². The lowest BCUT2D eigenvalue weighted by atomic mass is 10.4. The second kappa shape index (κ2) is 1110. The summed E-state index contributed by atoms with van der Waals surface area (Å²) in [6, 6.07) is 0. The largest absolute Gasteiger partial charge is 0.339 e. The molecule has 0 aliphatic carbocycles. The van der Waals surface area contributed by atoms with Crippen molar-refractivity contribution in [3.63, 3.8) is 0 Å². The van der Waals surface area contributed by atoms with E-state index in [4.69, 9.17) is 0 Å². The highest BCUT2D eigenvalue weighted by Crippen LogP contribution is 1.75. The zero-order chi connectivity index (χ0) is 11.4. The van der Waals surface area contributed by atoms with Crippen molar-refractivity contribution in [3.05, 3.63) is 66.5 Å². The molecule has 0 rings (SSSR count). The van der Waals surface area contributed by atoms with Crippen molar-refractivity contribution < 1.29 is 0 Å². The van der Waals surface area contributed by atoms with E-state index < -0.39 is 0 Å². The summed E-state index contributed by atoms with van der Waals surface area (Å²) in [6.45, 7) is 31.1.